The number of fused-ring (bicyclic) bond motifs is 3. The molecular formula is C65H82N4O. The molecule has 8 rings (SSSR count). The fourth-order valence-corrected chi connectivity index (χ4v) is 11.4. The van der Waals surface area contributed by atoms with Crippen LogP contribution >= 0.6 is 0 Å². The van der Waals surface area contributed by atoms with Gasteiger partial charge in [-0.1, -0.05) is 167 Å². The van der Waals surface area contributed by atoms with E-state index < -0.39 is 0 Å². The van der Waals surface area contributed by atoms with E-state index >= 15 is 0 Å². The normalized spacial score (nSPS) is 14.9. The highest BCUT2D eigenvalue weighted by Crippen LogP contribution is 2.45. The number of hydrogen-bond donors (Lipinski definition) is 0. The molecule has 0 radical (unpaired) electrons. The first kappa shape index (κ1) is 50.7. The number of benzene rings is 5. The van der Waals surface area contributed by atoms with Gasteiger partial charge in [-0.3, -0.25) is 9.56 Å². The summed E-state index contributed by atoms with van der Waals surface area (Å²) < 4.78 is 9.74. The van der Waals surface area contributed by atoms with Gasteiger partial charge in [-0.05, 0) is 151 Å². The van der Waals surface area contributed by atoms with Gasteiger partial charge >= 0.3 is 0 Å². The summed E-state index contributed by atoms with van der Waals surface area (Å²) in [6.45, 7) is 42.7. The summed E-state index contributed by atoms with van der Waals surface area (Å²) in [5, 5.41) is 2.35. The largest absolute Gasteiger partial charge is 0.457 e. The zero-order valence-electron chi connectivity index (χ0n) is 45.9. The molecular weight excluding hydrogens is 853 g/mol. The predicted molar refractivity (Wildman–Crippen MR) is 302 cm³/mol. The molecule has 1 atom stereocenters. The summed E-state index contributed by atoms with van der Waals surface area (Å²) in [7, 11) is 0. The van der Waals surface area contributed by atoms with Gasteiger partial charge < -0.3 is 9.64 Å². The molecule has 0 saturated heterocycles. The van der Waals surface area contributed by atoms with Gasteiger partial charge in [0.25, 0.3) is 0 Å². The van der Waals surface area contributed by atoms with Crippen molar-refractivity contribution in [2.75, 3.05) is 11.4 Å². The standard InChI is InChI=1S/C65H82N4O/c1-38(2)51-22-19-23-52(39(3)4)60(51)44-30-45(62-67-57(59(42(9)10)43(11)12)37-68(62)61-53(40(5)6)24-20-25-54(61)41(7)8)32-49(31-44)70-50-34-47(65(16,17)18)33-48(36-50)69-58-28-27-46(64(13,14)15)35-56(58)55-26-21-29-66-63(55)69/h19-36,38-43,57,59H,37H2,1-18H3/t57-/m0/s1. The molecule has 0 unspecified atom stereocenters. The van der Waals surface area contributed by atoms with E-state index in [4.69, 9.17) is 14.7 Å². The van der Waals surface area contributed by atoms with Gasteiger partial charge in [0.1, 0.15) is 23.0 Å². The molecule has 5 aromatic carbocycles. The molecule has 0 bridgehead atoms. The SMILES string of the molecule is CC(C)c1cccc(C(C)C)c1-c1cc(Oc2cc(-n3c4ccc(C(C)(C)C)cc4c4cccnc43)cc(C(C)(C)C)c2)cc(C2=N[C@H](C(C(C)C)C(C)C)CN2c2c(C(C)C)cccc2C(C)C)c1. The summed E-state index contributed by atoms with van der Waals surface area (Å²) >= 11 is 0. The van der Waals surface area contributed by atoms with Gasteiger partial charge in [-0.2, -0.15) is 0 Å². The monoisotopic (exact) mass is 935 g/mol. The summed E-state index contributed by atoms with van der Waals surface area (Å²) in [6, 6.07) is 38.9. The van der Waals surface area contributed by atoms with E-state index in [0.717, 1.165) is 57.2 Å². The number of hydrogen-bond acceptors (Lipinski definition) is 4. The van der Waals surface area contributed by atoms with Crippen LogP contribution in [0.3, 0.4) is 0 Å². The molecule has 1 aliphatic rings. The number of nitrogens with zero attached hydrogens (tertiary/aromatic N) is 4. The molecule has 0 N–H and O–H groups in total. The van der Waals surface area contributed by atoms with Gasteiger partial charge in [0.2, 0.25) is 0 Å². The molecule has 7 aromatic rings. The fourth-order valence-electron chi connectivity index (χ4n) is 11.4. The molecule has 0 amide bonds. The van der Waals surface area contributed by atoms with E-state index in [1.54, 1.807) is 0 Å². The smallest absolute Gasteiger partial charge is 0.145 e. The van der Waals surface area contributed by atoms with E-state index in [1.807, 2.05) is 6.20 Å². The second kappa shape index (κ2) is 19.5. The molecule has 5 heteroatoms. The van der Waals surface area contributed by atoms with Crippen molar-refractivity contribution in [3.8, 4) is 28.3 Å². The topological polar surface area (TPSA) is 42.6 Å². The molecule has 70 heavy (non-hydrogen) atoms. The van der Waals surface area contributed by atoms with Crippen molar-refractivity contribution >= 4 is 33.5 Å². The lowest BCUT2D eigenvalue weighted by atomic mass is 9.80. The Morgan fingerprint density at radius 2 is 1.10 bits per heavy atom. The first-order valence-electron chi connectivity index (χ1n) is 26.4. The van der Waals surface area contributed by atoms with Crippen molar-refractivity contribution in [2.45, 2.75) is 165 Å². The molecule has 0 spiro atoms. The fraction of sp³-hybridized carbons (Fsp3) is 0.446. The average Bonchev–Trinajstić information content (AvgIpc) is 3.86. The molecule has 3 heterocycles. The van der Waals surface area contributed by atoms with Crippen molar-refractivity contribution < 1.29 is 4.74 Å². The van der Waals surface area contributed by atoms with Crippen LogP contribution in [0, 0.1) is 17.8 Å². The maximum absolute atomic E-state index is 7.41. The van der Waals surface area contributed by atoms with Gasteiger partial charge in [0.05, 0.1) is 17.2 Å². The molecule has 0 fully saturated rings. The van der Waals surface area contributed by atoms with Crippen LogP contribution in [0.25, 0.3) is 38.8 Å². The molecule has 1 aliphatic heterocycles. The minimum absolute atomic E-state index is 0.0120. The second-order valence-electron chi connectivity index (χ2n) is 24.4. The zero-order chi connectivity index (χ0) is 50.7. The third-order valence-electron chi connectivity index (χ3n) is 15.0. The third kappa shape index (κ3) is 9.84. The van der Waals surface area contributed by atoms with Crippen molar-refractivity contribution in [2.24, 2.45) is 22.7 Å². The average molecular weight is 935 g/mol. The Morgan fingerprint density at radius 1 is 0.543 bits per heavy atom. The Morgan fingerprint density at radius 3 is 1.66 bits per heavy atom. The summed E-state index contributed by atoms with van der Waals surface area (Å²) in [4.78, 5) is 13.6. The molecule has 368 valence electrons. The number of pyridine rings is 1. The number of anilines is 1. The highest BCUT2D eigenvalue weighted by atomic mass is 16.5. The number of ether oxygens (including phenoxy) is 1. The summed E-state index contributed by atoms with van der Waals surface area (Å²) in [5.41, 5.74) is 15.7. The minimum Gasteiger partial charge on any atom is -0.457 e. The van der Waals surface area contributed by atoms with Gasteiger partial charge in [0.15, 0.2) is 0 Å². The van der Waals surface area contributed by atoms with E-state index in [1.165, 1.54) is 50.0 Å². The highest BCUT2D eigenvalue weighted by molar-refractivity contribution is 6.13. The number of rotatable bonds is 13. The molecule has 2 aromatic heterocycles. The van der Waals surface area contributed by atoms with Crippen LogP contribution in [0.2, 0.25) is 0 Å². The van der Waals surface area contributed by atoms with E-state index in [-0.39, 0.29) is 16.9 Å². The van der Waals surface area contributed by atoms with E-state index in [2.05, 4.69) is 237 Å². The Kier molecular flexibility index (Phi) is 14.1. The maximum Gasteiger partial charge on any atom is 0.145 e. The van der Waals surface area contributed by atoms with Crippen molar-refractivity contribution in [1.29, 1.82) is 0 Å². The Balaban J connectivity index is 1.40. The molecule has 5 nitrogen and oxygen atoms in total. The van der Waals surface area contributed by atoms with E-state index in [9.17, 15) is 0 Å². The van der Waals surface area contributed by atoms with Crippen LogP contribution in [0.4, 0.5) is 5.69 Å². The summed E-state index contributed by atoms with van der Waals surface area (Å²) in [5.74, 6) is 5.30. The van der Waals surface area contributed by atoms with Crippen LogP contribution in [0.5, 0.6) is 11.5 Å². The molecule has 0 saturated carbocycles. The van der Waals surface area contributed by atoms with Crippen molar-refractivity contribution in [3.63, 3.8) is 0 Å². The van der Waals surface area contributed by atoms with Crippen LogP contribution in [-0.2, 0) is 10.8 Å². The molecule has 0 aliphatic carbocycles. The van der Waals surface area contributed by atoms with Crippen LogP contribution in [0.1, 0.15) is 187 Å². The number of aliphatic imine (C=N–C) groups is 1. The quantitative estimate of drug-likeness (QED) is 0.116. The first-order valence-corrected chi connectivity index (χ1v) is 26.4. The minimum atomic E-state index is -0.162. The maximum atomic E-state index is 7.41. The third-order valence-corrected chi connectivity index (χ3v) is 15.0. The highest BCUT2D eigenvalue weighted by Gasteiger charge is 2.38. The Bertz CT molecular complexity index is 2990. The first-order chi connectivity index (χ1) is 32.9. The van der Waals surface area contributed by atoms with Crippen molar-refractivity contribution in [3.05, 3.63) is 148 Å². The predicted octanol–water partition coefficient (Wildman–Crippen LogP) is 18.3. The lowest BCUT2D eigenvalue weighted by molar-refractivity contribution is 0.247. The van der Waals surface area contributed by atoms with Gasteiger partial charge in [-0.25, -0.2) is 4.98 Å². The lowest BCUT2D eigenvalue weighted by Crippen LogP contribution is -2.36. The Hall–Kier alpha value is -5.68. The van der Waals surface area contributed by atoms with Crippen molar-refractivity contribution in [1.82, 2.24) is 9.55 Å². The number of para-hydroxylation sites is 1. The second-order valence-corrected chi connectivity index (χ2v) is 24.4. The summed E-state index contributed by atoms with van der Waals surface area (Å²) in [6.07, 6.45) is 1.91. The van der Waals surface area contributed by atoms with Gasteiger partial charge in [-0.15, -0.1) is 0 Å². The van der Waals surface area contributed by atoms with Gasteiger partial charge in [0, 0.05) is 40.8 Å². The van der Waals surface area contributed by atoms with Crippen LogP contribution in [-0.4, -0.2) is 28.0 Å². The number of aromatic nitrogens is 2. The Labute approximate surface area is 421 Å². The van der Waals surface area contributed by atoms with Crippen LogP contribution < -0.4 is 9.64 Å². The number of amidine groups is 1. The zero-order valence-corrected chi connectivity index (χ0v) is 45.9. The van der Waals surface area contributed by atoms with Crippen LogP contribution in [0.15, 0.2) is 114 Å². The lowest BCUT2D eigenvalue weighted by Gasteiger charge is -2.32. The van der Waals surface area contributed by atoms with E-state index in [0.29, 0.717) is 41.4 Å².